The number of rotatable bonds is 17. The van der Waals surface area contributed by atoms with Gasteiger partial charge in [-0.3, -0.25) is 9.13 Å². The molecule has 8 heterocycles. The van der Waals surface area contributed by atoms with Crippen molar-refractivity contribution in [1.29, 1.82) is 0 Å². The van der Waals surface area contributed by atoms with Crippen molar-refractivity contribution in [3.05, 3.63) is 186 Å². The third-order valence-corrected chi connectivity index (χ3v) is 35.1. The van der Waals surface area contributed by atoms with Crippen molar-refractivity contribution >= 4 is 73.1 Å². The van der Waals surface area contributed by atoms with Crippen LogP contribution >= 0.6 is 15.9 Å². The number of benzene rings is 4. The average molecular weight is 1490 g/mol. The Balaban J connectivity index is 0.000000150. The number of aromatic nitrogens is 10. The van der Waals surface area contributed by atoms with E-state index in [4.69, 9.17) is 19.4 Å². The maximum atomic E-state index is 12.7. The molecule has 4 aliphatic rings. The number of ether oxygens (including phenoxy) is 2. The van der Waals surface area contributed by atoms with Gasteiger partial charge in [-0.25, -0.2) is 29.5 Å². The van der Waals surface area contributed by atoms with Crippen LogP contribution in [0.5, 0.6) is 0 Å². The zero-order chi connectivity index (χ0) is 68.7. The number of nitrogens with one attached hydrogen (secondary N) is 4. The summed E-state index contributed by atoms with van der Waals surface area (Å²) in [5.74, 6) is 3.15. The van der Waals surface area contributed by atoms with Gasteiger partial charge in [-0.2, -0.15) is 10.2 Å². The standard InChI is InChI=1S/C33H31N7O2.C29H28BrN5O2.C4H3N2.3C4H9.Sn/c1-32(2,3)42-31(41)39-33(16-7-17-33)23-13-11-21(12-14-23)28-27(22-15-19-35-36-20-22)38-30-24-8-4-5-9-25(24)37-29-26(40(28)30)10-6-18-34-29;1-28(2,3)37-27(36)34-29(15-7-16-29)19-13-11-18(12-14-19)23-24(30)33-26-20-8-4-5-9-21(20)32-25-22(35(23)26)10-6-17-31-25;1-2-4-6-5-3-1;3*1-3-4-2;/h4-6,8-15,18-20H,7,16-17H2,1-3H3,(H,34,37)(H,39,41);4-6,8-14,17H,7,15-16H2,1-3H3,(H,31,32)(H,34,36);1,3-4H;3*1,3-4H2,2H3;. The second-order valence-electron chi connectivity index (χ2n) is 28.1. The van der Waals surface area contributed by atoms with Gasteiger partial charge < -0.3 is 30.7 Å². The summed E-state index contributed by atoms with van der Waals surface area (Å²) in [6.45, 7) is 18.2. The number of para-hydroxylation sites is 2. The normalized spacial score (nSPS) is 14.3. The molecular weight excluding hydrogens is 1400 g/mol. The van der Waals surface area contributed by atoms with Crippen molar-refractivity contribution in [2.45, 2.75) is 175 Å². The van der Waals surface area contributed by atoms with Gasteiger partial charge >= 0.3 is 135 Å². The zero-order valence-corrected chi connectivity index (χ0v) is 62.2. The van der Waals surface area contributed by atoms with Crippen molar-refractivity contribution in [1.82, 2.24) is 60.1 Å². The molecule has 506 valence electrons. The van der Waals surface area contributed by atoms with Crippen LogP contribution in [0.25, 0.3) is 67.9 Å². The number of nitrogens with zero attached hydrogens (tertiary/aromatic N) is 10. The first kappa shape index (κ1) is 69.1. The van der Waals surface area contributed by atoms with E-state index in [1.807, 2.05) is 114 Å². The Morgan fingerprint density at radius 1 is 0.520 bits per heavy atom. The molecule has 2 amide bonds. The fourth-order valence-corrected chi connectivity index (χ4v) is 30.0. The number of carbonyl (C=O) groups is 2. The predicted octanol–water partition coefficient (Wildman–Crippen LogP) is 18.9. The SMILES string of the molecule is CC(C)(C)OC(=O)NC1(c2ccc(-c3c(-c4ccnnc4)nc4n3-c3cccnc3Nc3ccccc3-4)cc2)CCC1.CC(C)(C)OC(=O)NC1(c2ccc(-c3c(Br)nc4n3-c3cccnc3Nc3ccccc3-4)cc2)CCC1.CCC[CH2][Sn]([CH2]CCC)([CH2]CCC)[c]1ccnnc1. The molecule has 6 aromatic heterocycles. The molecule has 0 spiro atoms. The van der Waals surface area contributed by atoms with Crippen molar-refractivity contribution in [2.24, 2.45) is 0 Å². The summed E-state index contributed by atoms with van der Waals surface area (Å²) in [4.78, 5) is 44.8. The Labute approximate surface area is 588 Å². The Morgan fingerprint density at radius 2 is 0.969 bits per heavy atom. The summed E-state index contributed by atoms with van der Waals surface area (Å²) in [5.41, 5.74) is 11.4. The van der Waals surface area contributed by atoms with Crippen molar-refractivity contribution in [3.63, 3.8) is 0 Å². The number of carbonyl (C=O) groups excluding carboxylic acids is 2. The molecule has 0 bridgehead atoms. The van der Waals surface area contributed by atoms with Crippen LogP contribution in [0, 0.1) is 0 Å². The van der Waals surface area contributed by atoms with Gasteiger partial charge in [0.2, 0.25) is 0 Å². The van der Waals surface area contributed by atoms with Crippen LogP contribution in [-0.4, -0.2) is 91.2 Å². The molecule has 2 saturated carbocycles. The van der Waals surface area contributed by atoms with Gasteiger partial charge in [-0.15, -0.1) is 0 Å². The fourth-order valence-electron chi connectivity index (χ4n) is 13.9. The molecule has 0 atom stereocenters. The van der Waals surface area contributed by atoms with Crippen LogP contribution in [0.15, 0.2) is 175 Å². The van der Waals surface area contributed by atoms with Crippen LogP contribution in [0.1, 0.15) is 150 Å². The first-order chi connectivity index (χ1) is 47.3. The number of unbranched alkanes of at least 4 members (excludes halogenated alkanes) is 3. The number of anilines is 4. The number of hydrogen-bond donors (Lipinski definition) is 4. The van der Waals surface area contributed by atoms with Crippen molar-refractivity contribution in [2.75, 3.05) is 10.6 Å². The Bertz CT molecular complexity index is 4390. The van der Waals surface area contributed by atoms with E-state index in [1.165, 1.54) is 51.8 Å². The molecule has 2 aliphatic heterocycles. The summed E-state index contributed by atoms with van der Waals surface area (Å²) >= 11 is 1.54. The van der Waals surface area contributed by atoms with Gasteiger partial charge in [-0.05, 0) is 162 Å². The summed E-state index contributed by atoms with van der Waals surface area (Å²) < 4.78 is 22.4. The van der Waals surface area contributed by atoms with E-state index in [0.29, 0.717) is 0 Å². The topological polar surface area (TPSA) is 214 Å². The second-order valence-corrected chi connectivity index (χ2v) is 42.1. The van der Waals surface area contributed by atoms with Gasteiger partial charge in [0.25, 0.3) is 0 Å². The molecule has 98 heavy (non-hydrogen) atoms. The number of imidazole rings is 2. The Hall–Kier alpha value is -8.82. The zero-order valence-electron chi connectivity index (χ0n) is 57.8. The van der Waals surface area contributed by atoms with Crippen LogP contribution < -0.4 is 24.8 Å². The minimum absolute atomic E-state index is 0.379. The molecule has 18 nitrogen and oxygen atoms in total. The summed E-state index contributed by atoms with van der Waals surface area (Å²) in [6, 6.07) is 45.2. The molecular formula is C78H89BrN14O4Sn. The van der Waals surface area contributed by atoms with Crippen molar-refractivity contribution < 1.29 is 19.1 Å². The molecule has 0 saturated heterocycles. The van der Waals surface area contributed by atoms with Crippen LogP contribution in [0.3, 0.4) is 0 Å². The van der Waals surface area contributed by atoms with E-state index in [9.17, 15) is 9.59 Å². The number of pyridine rings is 2. The summed E-state index contributed by atoms with van der Waals surface area (Å²) in [6.07, 6.45) is 24.0. The molecule has 0 unspecified atom stereocenters. The number of hydrogen-bond acceptors (Lipinski definition) is 14. The van der Waals surface area contributed by atoms with E-state index in [2.05, 4.69) is 170 Å². The van der Waals surface area contributed by atoms with E-state index < -0.39 is 46.8 Å². The van der Waals surface area contributed by atoms with Gasteiger partial charge in [-0.1, -0.05) is 72.8 Å². The molecule has 10 aromatic rings. The predicted molar refractivity (Wildman–Crippen MR) is 396 cm³/mol. The number of amides is 2. The number of fused-ring (bicyclic) bond motifs is 10. The Kier molecular flexibility index (Phi) is 20.9. The van der Waals surface area contributed by atoms with E-state index in [-0.39, 0.29) is 6.09 Å². The van der Waals surface area contributed by atoms with Gasteiger partial charge in [0.05, 0.1) is 63.3 Å². The second kappa shape index (κ2) is 29.7. The van der Waals surface area contributed by atoms with Crippen LogP contribution in [0.4, 0.5) is 32.6 Å². The number of alkyl carbamates (subject to hydrolysis) is 2. The van der Waals surface area contributed by atoms with Gasteiger partial charge in [0.1, 0.15) is 27.5 Å². The third-order valence-electron chi connectivity index (χ3n) is 19.0. The molecule has 0 radical (unpaired) electrons. The minimum atomic E-state index is -2.20. The monoisotopic (exact) mass is 1480 g/mol. The van der Waals surface area contributed by atoms with E-state index in [0.717, 1.165) is 145 Å². The Morgan fingerprint density at radius 3 is 1.40 bits per heavy atom. The maximum absolute atomic E-state index is 12.7. The van der Waals surface area contributed by atoms with Gasteiger partial charge in [0, 0.05) is 40.2 Å². The van der Waals surface area contributed by atoms with E-state index in [1.54, 1.807) is 28.4 Å². The molecule has 4 N–H and O–H groups in total. The van der Waals surface area contributed by atoms with Gasteiger partial charge in [0.15, 0.2) is 11.6 Å². The fraction of sp³-hybridized carbons (Fsp3) is 0.359. The average Bonchev–Trinajstić information content (AvgIpc) is 1.56. The number of halogens is 1. The van der Waals surface area contributed by atoms with Crippen LogP contribution in [0.2, 0.25) is 13.3 Å². The summed E-state index contributed by atoms with van der Waals surface area (Å²) in [7, 11) is 0. The molecule has 14 rings (SSSR count). The summed E-state index contributed by atoms with van der Waals surface area (Å²) in [5, 5.41) is 29.6. The molecule has 20 heteroatoms. The molecule has 2 fully saturated rings. The first-order valence-electron chi connectivity index (χ1n) is 34.7. The molecule has 4 aromatic carbocycles. The van der Waals surface area contributed by atoms with E-state index >= 15 is 0 Å². The third kappa shape index (κ3) is 14.9. The first-order valence-corrected chi connectivity index (χ1v) is 42.9. The quantitative estimate of drug-likeness (QED) is 0.0625. The molecule has 2 aliphatic carbocycles. The van der Waals surface area contributed by atoms with Crippen LogP contribution in [-0.2, 0) is 20.6 Å². The van der Waals surface area contributed by atoms with Crippen molar-refractivity contribution in [3.8, 4) is 67.9 Å².